The molecule has 0 radical (unpaired) electrons. The third-order valence-corrected chi connectivity index (χ3v) is 3.68. The molecule has 4 N–H and O–H groups in total. The lowest BCUT2D eigenvalue weighted by Crippen LogP contribution is -2.10. The zero-order valence-corrected chi connectivity index (χ0v) is 10.8. The number of hydrogen-bond donors (Lipinski definition) is 3. The lowest BCUT2D eigenvalue weighted by molar-refractivity contribution is 1.05. The predicted octanol–water partition coefficient (Wildman–Crippen LogP) is 1.93. The molecule has 0 atom stereocenters. The van der Waals surface area contributed by atoms with Crippen molar-refractivity contribution in [3.63, 3.8) is 0 Å². The minimum absolute atomic E-state index is 0.382. The molecule has 3 aromatic rings. The van der Waals surface area contributed by atoms with Crippen LogP contribution in [0.25, 0.3) is 11.0 Å². The number of anilines is 1. The molecular weight excluding hydrogens is 260 g/mol. The maximum Gasteiger partial charge on any atom is 0.240 e. The number of rotatable bonds is 4. The number of hydrogen-bond acceptors (Lipinski definition) is 6. The van der Waals surface area contributed by atoms with Gasteiger partial charge in [-0.2, -0.15) is 10.1 Å². The number of aromatic nitrogens is 4. The number of nitrogen functional groups attached to an aromatic ring is 1. The van der Waals surface area contributed by atoms with Gasteiger partial charge in [0.1, 0.15) is 5.03 Å². The van der Waals surface area contributed by atoms with Gasteiger partial charge in [0, 0.05) is 5.75 Å². The van der Waals surface area contributed by atoms with Gasteiger partial charge in [0.15, 0.2) is 5.65 Å². The number of thioether (sulfide) groups is 1. The molecule has 2 aromatic heterocycles. The van der Waals surface area contributed by atoms with E-state index in [1.807, 2.05) is 18.2 Å². The molecule has 2 heterocycles. The zero-order valence-electron chi connectivity index (χ0n) is 10.00. The average Bonchev–Trinajstić information content (AvgIpc) is 2.94. The van der Waals surface area contributed by atoms with Crippen molar-refractivity contribution in [2.75, 3.05) is 5.43 Å². The Morgan fingerprint density at radius 1 is 1.21 bits per heavy atom. The summed E-state index contributed by atoms with van der Waals surface area (Å²) in [6.45, 7) is 0. The SMILES string of the molecule is NNc1nc(SCc2ccccc2)c2cn[nH]c2n1. The third-order valence-electron chi connectivity index (χ3n) is 2.62. The molecular formula is C12H12N6S. The van der Waals surface area contributed by atoms with Gasteiger partial charge in [-0.1, -0.05) is 30.3 Å². The fourth-order valence-electron chi connectivity index (χ4n) is 1.71. The fraction of sp³-hybridized carbons (Fsp3) is 0.0833. The summed E-state index contributed by atoms with van der Waals surface area (Å²) >= 11 is 1.63. The predicted molar refractivity (Wildman–Crippen MR) is 75.5 cm³/mol. The largest absolute Gasteiger partial charge is 0.292 e. The fourth-order valence-corrected chi connectivity index (χ4v) is 2.66. The van der Waals surface area contributed by atoms with Gasteiger partial charge >= 0.3 is 0 Å². The lowest BCUT2D eigenvalue weighted by atomic mass is 10.2. The summed E-state index contributed by atoms with van der Waals surface area (Å²) in [7, 11) is 0. The Kier molecular flexibility index (Phi) is 3.30. The maximum absolute atomic E-state index is 5.37. The van der Waals surface area contributed by atoms with Gasteiger partial charge in [0.05, 0.1) is 11.6 Å². The molecule has 0 unspecified atom stereocenters. The van der Waals surface area contributed by atoms with Crippen LogP contribution in [0.2, 0.25) is 0 Å². The summed E-state index contributed by atoms with van der Waals surface area (Å²) in [5, 5.41) is 8.57. The van der Waals surface area contributed by atoms with Crippen molar-refractivity contribution < 1.29 is 0 Å². The molecule has 0 aliphatic heterocycles. The minimum atomic E-state index is 0.382. The van der Waals surface area contributed by atoms with Crippen LogP contribution in [0.1, 0.15) is 5.56 Å². The van der Waals surface area contributed by atoms with Crippen molar-refractivity contribution in [2.24, 2.45) is 5.84 Å². The van der Waals surface area contributed by atoms with Crippen molar-refractivity contribution in [3.05, 3.63) is 42.1 Å². The highest BCUT2D eigenvalue weighted by Gasteiger charge is 2.09. The highest BCUT2D eigenvalue weighted by Crippen LogP contribution is 2.27. The molecule has 0 bridgehead atoms. The van der Waals surface area contributed by atoms with Crippen molar-refractivity contribution in [3.8, 4) is 0 Å². The van der Waals surface area contributed by atoms with Gasteiger partial charge in [0.2, 0.25) is 5.95 Å². The van der Waals surface area contributed by atoms with Crippen LogP contribution in [0.5, 0.6) is 0 Å². The van der Waals surface area contributed by atoms with Gasteiger partial charge in [-0.05, 0) is 5.56 Å². The maximum atomic E-state index is 5.37. The van der Waals surface area contributed by atoms with E-state index in [0.717, 1.165) is 16.2 Å². The monoisotopic (exact) mass is 272 g/mol. The van der Waals surface area contributed by atoms with Crippen LogP contribution in [-0.4, -0.2) is 20.2 Å². The van der Waals surface area contributed by atoms with Crippen molar-refractivity contribution in [1.29, 1.82) is 0 Å². The standard InChI is InChI=1S/C12H12N6S/c13-17-12-15-10-9(6-14-18-10)11(16-12)19-7-8-4-2-1-3-5-8/h1-6H,7,13H2,(H2,14,15,16,17,18). The Labute approximate surface area is 113 Å². The minimum Gasteiger partial charge on any atom is -0.292 e. The highest BCUT2D eigenvalue weighted by atomic mass is 32.2. The molecule has 96 valence electrons. The molecule has 0 spiro atoms. The molecule has 0 amide bonds. The molecule has 6 nitrogen and oxygen atoms in total. The summed E-state index contributed by atoms with van der Waals surface area (Å²) in [6.07, 6.45) is 1.73. The van der Waals surface area contributed by atoms with E-state index in [4.69, 9.17) is 5.84 Å². The molecule has 7 heteroatoms. The number of fused-ring (bicyclic) bond motifs is 1. The summed E-state index contributed by atoms with van der Waals surface area (Å²) < 4.78 is 0. The van der Waals surface area contributed by atoms with E-state index in [1.165, 1.54) is 5.56 Å². The number of nitrogens with two attached hydrogens (primary N) is 1. The van der Waals surface area contributed by atoms with E-state index in [-0.39, 0.29) is 0 Å². The zero-order chi connectivity index (χ0) is 13.1. The Morgan fingerprint density at radius 2 is 2.05 bits per heavy atom. The van der Waals surface area contributed by atoms with Gasteiger partial charge in [-0.3, -0.25) is 10.5 Å². The summed E-state index contributed by atoms with van der Waals surface area (Å²) in [6, 6.07) is 10.2. The van der Waals surface area contributed by atoms with Crippen LogP contribution in [0.4, 0.5) is 5.95 Å². The first-order valence-electron chi connectivity index (χ1n) is 5.71. The van der Waals surface area contributed by atoms with Crippen LogP contribution in [0.3, 0.4) is 0 Å². The first kappa shape index (κ1) is 11.9. The van der Waals surface area contributed by atoms with E-state index in [1.54, 1.807) is 18.0 Å². The van der Waals surface area contributed by atoms with Crippen molar-refractivity contribution in [1.82, 2.24) is 20.2 Å². The second-order valence-corrected chi connectivity index (χ2v) is 4.87. The van der Waals surface area contributed by atoms with Crippen LogP contribution in [0, 0.1) is 0 Å². The first-order chi connectivity index (χ1) is 9.36. The summed E-state index contributed by atoms with van der Waals surface area (Å²) in [5.41, 5.74) is 4.38. The molecule has 0 saturated heterocycles. The van der Waals surface area contributed by atoms with Crippen LogP contribution in [0.15, 0.2) is 41.6 Å². The Hall–Kier alpha value is -2.12. The number of nitrogens with one attached hydrogen (secondary N) is 2. The van der Waals surface area contributed by atoms with E-state index >= 15 is 0 Å². The molecule has 19 heavy (non-hydrogen) atoms. The van der Waals surface area contributed by atoms with Gasteiger partial charge in [0.25, 0.3) is 0 Å². The van der Waals surface area contributed by atoms with Gasteiger partial charge < -0.3 is 0 Å². The molecule has 1 aromatic carbocycles. The Balaban J connectivity index is 1.89. The van der Waals surface area contributed by atoms with E-state index < -0.39 is 0 Å². The Morgan fingerprint density at radius 3 is 2.84 bits per heavy atom. The molecule has 0 aliphatic carbocycles. The number of H-pyrrole nitrogens is 1. The van der Waals surface area contributed by atoms with Crippen molar-refractivity contribution >= 4 is 28.7 Å². The highest BCUT2D eigenvalue weighted by molar-refractivity contribution is 7.98. The molecule has 0 saturated carbocycles. The van der Waals surface area contributed by atoms with E-state index in [9.17, 15) is 0 Å². The van der Waals surface area contributed by atoms with Crippen LogP contribution in [-0.2, 0) is 5.75 Å². The Bertz CT molecular complexity index is 681. The summed E-state index contributed by atoms with van der Waals surface area (Å²) in [5.74, 6) is 6.58. The number of benzene rings is 1. The normalized spacial score (nSPS) is 10.8. The van der Waals surface area contributed by atoms with E-state index in [0.29, 0.717) is 11.6 Å². The van der Waals surface area contributed by atoms with E-state index in [2.05, 4.69) is 37.7 Å². The lowest BCUT2D eigenvalue weighted by Gasteiger charge is -2.04. The number of aromatic amines is 1. The van der Waals surface area contributed by atoms with Gasteiger partial charge in [-0.25, -0.2) is 10.8 Å². The van der Waals surface area contributed by atoms with Crippen molar-refractivity contribution in [2.45, 2.75) is 10.8 Å². The second kappa shape index (κ2) is 5.25. The number of nitrogens with zero attached hydrogens (tertiary/aromatic N) is 3. The topological polar surface area (TPSA) is 92.5 Å². The first-order valence-corrected chi connectivity index (χ1v) is 6.70. The second-order valence-electron chi connectivity index (χ2n) is 3.90. The summed E-state index contributed by atoms with van der Waals surface area (Å²) in [4.78, 5) is 8.55. The van der Waals surface area contributed by atoms with Crippen LogP contribution < -0.4 is 11.3 Å². The quantitative estimate of drug-likeness (QED) is 0.291. The molecule has 3 rings (SSSR count). The van der Waals surface area contributed by atoms with Crippen LogP contribution >= 0.6 is 11.8 Å². The van der Waals surface area contributed by atoms with Gasteiger partial charge in [-0.15, -0.1) is 11.8 Å². The number of hydrazine groups is 1. The smallest absolute Gasteiger partial charge is 0.240 e. The molecule has 0 aliphatic rings. The third kappa shape index (κ3) is 2.51. The molecule has 0 fully saturated rings. The average molecular weight is 272 g/mol.